The highest BCUT2D eigenvalue weighted by atomic mass is 16.4. The summed E-state index contributed by atoms with van der Waals surface area (Å²) in [7, 11) is 0. The number of rotatable bonds is 16. The molecule has 19 nitrogen and oxygen atoms in total. The van der Waals surface area contributed by atoms with Crippen LogP contribution < -0.4 is 26.6 Å². The summed E-state index contributed by atoms with van der Waals surface area (Å²) in [6.07, 6.45) is 3.14. The Morgan fingerprint density at radius 3 is 2.13 bits per heavy atom. The van der Waals surface area contributed by atoms with Crippen LogP contribution in [0.4, 0.5) is 0 Å². The standard InChI is InChI=1S/C36H50N8O11/c1-19(47)29(42-30(48)23-9-4-12-37-23)33(51)39-24(15-20-16-38-22-8-3-2-7-21(20)22)34(52)44-14-6-11-28(44)35(53)43-13-5-10-27(43)32(50)40-25(17-45)31(49)41-26(18-46)36(54)55/h2-3,7-8,16,19,23-29,37-38,45-47H,4-6,9-15,17-18H2,1H3,(H,39,51)(H,40,50)(H,41,49)(H,42,48)(H,54,55)/t19-,23+,24+,25+,26+,27+,28+,29+/m1/s1. The fourth-order valence-corrected chi connectivity index (χ4v) is 7.45. The van der Waals surface area contributed by atoms with Gasteiger partial charge in [0.25, 0.3) is 0 Å². The lowest BCUT2D eigenvalue weighted by molar-refractivity contribution is -0.148. The highest BCUT2D eigenvalue weighted by molar-refractivity contribution is 5.98. The Kier molecular flexibility index (Phi) is 13.8. The number of H-pyrrole nitrogens is 1. The lowest BCUT2D eigenvalue weighted by Crippen LogP contribution is -2.61. The van der Waals surface area contributed by atoms with Gasteiger partial charge in [-0.25, -0.2) is 4.79 Å². The summed E-state index contributed by atoms with van der Waals surface area (Å²) in [5.41, 5.74) is 1.51. The van der Waals surface area contributed by atoms with Crippen LogP contribution in [-0.2, 0) is 40.0 Å². The monoisotopic (exact) mass is 770 g/mol. The number of likely N-dealkylation sites (tertiary alicyclic amines) is 2. The molecule has 19 heteroatoms. The van der Waals surface area contributed by atoms with Gasteiger partial charge >= 0.3 is 5.97 Å². The first-order chi connectivity index (χ1) is 26.3. The first-order valence-electron chi connectivity index (χ1n) is 18.6. The van der Waals surface area contributed by atoms with Crippen LogP contribution in [0.15, 0.2) is 30.5 Å². The molecule has 1 aromatic heterocycles. The van der Waals surface area contributed by atoms with E-state index in [9.17, 15) is 48.9 Å². The number of hydrogen-bond acceptors (Lipinski definition) is 11. The molecule has 0 aliphatic carbocycles. The highest BCUT2D eigenvalue weighted by Crippen LogP contribution is 2.27. The van der Waals surface area contributed by atoms with Crippen LogP contribution in [0.2, 0.25) is 0 Å². The minimum absolute atomic E-state index is 0.00896. The van der Waals surface area contributed by atoms with Crippen LogP contribution in [0.3, 0.4) is 0 Å². The number of fused-ring (bicyclic) bond motifs is 1. The van der Waals surface area contributed by atoms with E-state index in [1.807, 2.05) is 29.6 Å². The average Bonchev–Trinajstić information content (AvgIpc) is 4.01. The number of aliphatic hydroxyl groups excluding tert-OH is 3. The van der Waals surface area contributed by atoms with Crippen LogP contribution in [0.5, 0.6) is 0 Å². The molecule has 5 rings (SSSR count). The van der Waals surface area contributed by atoms with Crippen LogP contribution in [0.1, 0.15) is 51.0 Å². The minimum Gasteiger partial charge on any atom is -0.480 e. The SMILES string of the molecule is C[C@@H](O)[C@H](NC(=O)[C@@H]1CCCN1)C(=O)N[C@@H](Cc1c[nH]c2ccccc12)C(=O)N1CCC[C@H]1C(=O)N1CCC[C@H]1C(=O)N[C@@H](CO)C(=O)N[C@@H](CO)C(=O)O. The molecule has 0 spiro atoms. The molecule has 6 amide bonds. The molecule has 8 atom stereocenters. The predicted octanol–water partition coefficient (Wildman–Crippen LogP) is -3.17. The number of nitrogens with one attached hydrogen (secondary N) is 6. The molecule has 55 heavy (non-hydrogen) atoms. The number of carboxylic acid groups (broad SMARTS) is 1. The van der Waals surface area contributed by atoms with Gasteiger partial charge in [-0.2, -0.15) is 0 Å². The Bertz CT molecular complexity index is 1740. The first kappa shape index (κ1) is 41.1. The van der Waals surface area contributed by atoms with Gasteiger partial charge in [-0.05, 0) is 63.6 Å². The van der Waals surface area contributed by atoms with Crippen molar-refractivity contribution in [3.63, 3.8) is 0 Å². The molecule has 0 bridgehead atoms. The van der Waals surface area contributed by atoms with Crippen LogP contribution in [0, 0.1) is 0 Å². The van der Waals surface area contributed by atoms with Gasteiger partial charge in [-0.15, -0.1) is 0 Å². The summed E-state index contributed by atoms with van der Waals surface area (Å²) in [4.78, 5) is 98.4. The van der Waals surface area contributed by atoms with Gasteiger partial charge in [0.05, 0.1) is 25.4 Å². The van der Waals surface area contributed by atoms with Crippen molar-refractivity contribution in [3.8, 4) is 0 Å². The van der Waals surface area contributed by atoms with Gasteiger partial charge in [0.2, 0.25) is 35.4 Å². The Hall–Kier alpha value is -5.11. The van der Waals surface area contributed by atoms with E-state index in [1.54, 1.807) is 6.20 Å². The number of hydrogen-bond donors (Lipinski definition) is 10. The maximum atomic E-state index is 14.5. The Labute approximate surface area is 316 Å². The van der Waals surface area contributed by atoms with Gasteiger partial charge in [-0.1, -0.05) is 18.2 Å². The summed E-state index contributed by atoms with van der Waals surface area (Å²) in [6.45, 7) is 0.533. The predicted molar refractivity (Wildman–Crippen MR) is 194 cm³/mol. The van der Waals surface area contributed by atoms with Crippen molar-refractivity contribution < 1.29 is 54.0 Å². The van der Waals surface area contributed by atoms with Crippen molar-refractivity contribution >= 4 is 52.3 Å². The van der Waals surface area contributed by atoms with Crippen molar-refractivity contribution in [2.75, 3.05) is 32.8 Å². The number of aliphatic carboxylic acids is 1. The number of nitrogens with zero attached hydrogens (tertiary/aromatic N) is 2. The zero-order valence-corrected chi connectivity index (χ0v) is 30.5. The van der Waals surface area contributed by atoms with E-state index in [-0.39, 0.29) is 32.4 Å². The zero-order chi connectivity index (χ0) is 39.8. The summed E-state index contributed by atoms with van der Waals surface area (Å²) >= 11 is 0. The molecule has 3 fully saturated rings. The summed E-state index contributed by atoms with van der Waals surface area (Å²) in [5, 5.41) is 52.4. The van der Waals surface area contributed by atoms with Gasteiger partial charge in [0.15, 0.2) is 0 Å². The first-order valence-corrected chi connectivity index (χ1v) is 18.6. The van der Waals surface area contributed by atoms with E-state index in [1.165, 1.54) is 16.7 Å². The van der Waals surface area contributed by atoms with E-state index in [0.717, 1.165) is 17.3 Å². The van der Waals surface area contributed by atoms with Gasteiger partial charge in [-0.3, -0.25) is 28.8 Å². The van der Waals surface area contributed by atoms with E-state index in [4.69, 9.17) is 5.11 Å². The van der Waals surface area contributed by atoms with Crippen LogP contribution >= 0.6 is 0 Å². The number of para-hydroxylation sites is 1. The van der Waals surface area contributed by atoms with E-state index < -0.39 is 103 Å². The molecule has 3 aliphatic rings. The van der Waals surface area contributed by atoms with E-state index in [2.05, 4.69) is 26.3 Å². The second kappa shape index (κ2) is 18.5. The van der Waals surface area contributed by atoms with Crippen molar-refractivity contribution in [2.45, 2.75) is 100 Å². The molecule has 300 valence electrons. The summed E-state index contributed by atoms with van der Waals surface area (Å²) < 4.78 is 0. The van der Waals surface area contributed by atoms with Crippen molar-refractivity contribution in [1.29, 1.82) is 0 Å². The van der Waals surface area contributed by atoms with E-state index >= 15 is 0 Å². The molecule has 3 saturated heterocycles. The van der Waals surface area contributed by atoms with Crippen molar-refractivity contribution in [1.82, 2.24) is 41.4 Å². The van der Waals surface area contributed by atoms with Gasteiger partial charge in [0.1, 0.15) is 36.3 Å². The minimum atomic E-state index is -1.66. The van der Waals surface area contributed by atoms with Gasteiger partial charge in [0, 0.05) is 36.6 Å². The molecule has 2 aromatic rings. The molecule has 3 aliphatic heterocycles. The largest absolute Gasteiger partial charge is 0.480 e. The smallest absolute Gasteiger partial charge is 0.328 e. The van der Waals surface area contributed by atoms with Crippen molar-refractivity contribution in [2.24, 2.45) is 0 Å². The lowest BCUT2D eigenvalue weighted by Gasteiger charge is -2.33. The maximum Gasteiger partial charge on any atom is 0.328 e. The third kappa shape index (κ3) is 9.59. The lowest BCUT2D eigenvalue weighted by atomic mass is 10.0. The maximum absolute atomic E-state index is 14.5. The highest BCUT2D eigenvalue weighted by Gasteiger charge is 2.45. The number of benzene rings is 1. The number of amides is 6. The second-order valence-electron chi connectivity index (χ2n) is 14.2. The average molecular weight is 771 g/mol. The molecule has 4 heterocycles. The third-order valence-corrected chi connectivity index (χ3v) is 10.4. The molecule has 0 saturated carbocycles. The van der Waals surface area contributed by atoms with Crippen molar-refractivity contribution in [3.05, 3.63) is 36.0 Å². The Morgan fingerprint density at radius 1 is 0.800 bits per heavy atom. The topological polar surface area (TPSA) is 283 Å². The number of carbonyl (C=O) groups is 7. The second-order valence-corrected chi connectivity index (χ2v) is 14.2. The number of aromatic nitrogens is 1. The summed E-state index contributed by atoms with van der Waals surface area (Å²) in [5.74, 6) is -5.66. The van der Waals surface area contributed by atoms with Gasteiger partial charge < -0.3 is 61.8 Å². The number of carboxylic acids is 1. The third-order valence-electron chi connectivity index (χ3n) is 10.4. The fourth-order valence-electron chi connectivity index (χ4n) is 7.45. The van der Waals surface area contributed by atoms with Crippen LogP contribution in [0.25, 0.3) is 10.9 Å². The zero-order valence-electron chi connectivity index (χ0n) is 30.5. The molecular formula is C36H50N8O11. The Morgan fingerprint density at radius 2 is 1.47 bits per heavy atom. The molecular weight excluding hydrogens is 720 g/mol. The Balaban J connectivity index is 1.33. The molecule has 0 unspecified atom stereocenters. The molecule has 0 radical (unpaired) electrons. The fraction of sp³-hybridized carbons (Fsp3) is 0.583. The quantitative estimate of drug-likeness (QED) is 0.0810. The number of carbonyl (C=O) groups excluding carboxylic acids is 6. The normalized spacial score (nSPS) is 22.4. The number of aliphatic hydroxyl groups is 3. The molecule has 1 aromatic carbocycles. The van der Waals surface area contributed by atoms with Crippen LogP contribution in [-0.4, -0.2) is 158 Å². The van der Waals surface area contributed by atoms with E-state index in [0.29, 0.717) is 31.4 Å². The molecule has 10 N–H and O–H groups in total. The summed E-state index contributed by atoms with van der Waals surface area (Å²) in [6, 6.07) is -1.01. The number of aromatic amines is 1.